The number of ether oxygens (including phenoxy) is 3. The van der Waals surface area contributed by atoms with E-state index in [0.29, 0.717) is 34.4 Å². The number of fused-ring (bicyclic) bond motifs is 2. The Morgan fingerprint density at radius 1 is 1.18 bits per heavy atom. The largest absolute Gasteiger partial charge is 0.466 e. The number of esters is 1. The zero-order valence-corrected chi connectivity index (χ0v) is 22.9. The molecular formula is C28H31F3N4O4S. The monoisotopic (exact) mass is 576 g/mol. The number of hydrogen-bond acceptors (Lipinski definition) is 8. The Balaban J connectivity index is 1.33. The standard InChI is InChI=1S/C28H31F3N4O4S/c1-2-37-26(36)14-20(19-6-8-23-24(13-19)39-17-38-23)12-22-15-25(35(34-22)16-28(29,30)31)40-11-9-21-7-5-18-4-3-10-32-27(18)33-21/h5-8,13,15,20H,2-4,9-12,14,16-17H2,1H3,(H,32,33). The van der Waals surface area contributed by atoms with Gasteiger partial charge in [-0.25, -0.2) is 9.67 Å². The summed E-state index contributed by atoms with van der Waals surface area (Å²) in [6.45, 7) is 1.78. The van der Waals surface area contributed by atoms with E-state index in [9.17, 15) is 18.0 Å². The van der Waals surface area contributed by atoms with Crippen molar-refractivity contribution in [2.75, 3.05) is 31.0 Å². The molecule has 2 aliphatic rings. The number of pyridine rings is 1. The molecule has 0 bridgehead atoms. The molecule has 1 unspecified atom stereocenters. The van der Waals surface area contributed by atoms with E-state index >= 15 is 0 Å². The van der Waals surface area contributed by atoms with E-state index in [4.69, 9.17) is 14.2 Å². The maximum atomic E-state index is 13.4. The predicted molar refractivity (Wildman–Crippen MR) is 144 cm³/mol. The van der Waals surface area contributed by atoms with Crippen molar-refractivity contribution in [3.05, 3.63) is 58.9 Å². The van der Waals surface area contributed by atoms with E-state index in [2.05, 4.69) is 21.5 Å². The number of nitrogens with one attached hydrogen (secondary N) is 1. The lowest BCUT2D eigenvalue weighted by atomic mass is 9.91. The number of rotatable bonds is 11. The Hall–Kier alpha value is -3.41. The second-order valence-electron chi connectivity index (χ2n) is 9.71. The van der Waals surface area contributed by atoms with Gasteiger partial charge in [0.05, 0.1) is 23.7 Å². The summed E-state index contributed by atoms with van der Waals surface area (Å²) >= 11 is 1.31. The van der Waals surface area contributed by atoms with Crippen molar-refractivity contribution in [2.24, 2.45) is 0 Å². The molecule has 0 fully saturated rings. The van der Waals surface area contributed by atoms with Crippen molar-refractivity contribution in [2.45, 2.75) is 62.7 Å². The molecular weight excluding hydrogens is 545 g/mol. The quantitative estimate of drug-likeness (QED) is 0.235. The highest BCUT2D eigenvalue weighted by Gasteiger charge is 2.31. The molecule has 12 heteroatoms. The van der Waals surface area contributed by atoms with Gasteiger partial charge in [-0.1, -0.05) is 12.1 Å². The second-order valence-corrected chi connectivity index (χ2v) is 10.8. The van der Waals surface area contributed by atoms with Gasteiger partial charge in [-0.3, -0.25) is 4.79 Å². The first-order valence-corrected chi connectivity index (χ1v) is 14.3. The molecule has 2 aromatic heterocycles. The molecule has 5 rings (SSSR count). The van der Waals surface area contributed by atoms with E-state index < -0.39 is 12.7 Å². The summed E-state index contributed by atoms with van der Waals surface area (Å²) in [4.78, 5) is 17.1. The molecule has 0 saturated carbocycles. The van der Waals surface area contributed by atoms with Crippen LogP contribution >= 0.6 is 11.8 Å². The Bertz CT molecular complexity index is 1350. The molecule has 0 aliphatic carbocycles. The number of halogens is 3. The van der Waals surface area contributed by atoms with Gasteiger partial charge < -0.3 is 19.5 Å². The first-order valence-electron chi connectivity index (χ1n) is 13.3. The minimum absolute atomic E-state index is 0.0557. The molecule has 1 N–H and O–H groups in total. The lowest BCUT2D eigenvalue weighted by Gasteiger charge is -2.17. The minimum atomic E-state index is -4.42. The number of benzene rings is 1. The number of aromatic nitrogens is 3. The van der Waals surface area contributed by atoms with Crippen molar-refractivity contribution >= 4 is 23.5 Å². The third kappa shape index (κ3) is 7.21. The minimum Gasteiger partial charge on any atom is -0.466 e. The van der Waals surface area contributed by atoms with Crippen LogP contribution in [0.4, 0.5) is 19.0 Å². The summed E-state index contributed by atoms with van der Waals surface area (Å²) in [5.74, 6) is 1.86. The molecule has 4 heterocycles. The summed E-state index contributed by atoms with van der Waals surface area (Å²) in [5, 5.41) is 8.04. The zero-order valence-electron chi connectivity index (χ0n) is 22.1. The highest BCUT2D eigenvalue weighted by Crippen LogP contribution is 2.37. The number of alkyl halides is 3. The number of anilines is 1. The normalized spacial score (nSPS) is 14.9. The summed E-state index contributed by atoms with van der Waals surface area (Å²) < 4.78 is 57.3. The van der Waals surface area contributed by atoms with Gasteiger partial charge >= 0.3 is 12.1 Å². The molecule has 0 amide bonds. The fourth-order valence-corrected chi connectivity index (χ4v) is 5.86. The van der Waals surface area contributed by atoms with E-state index in [-0.39, 0.29) is 38.1 Å². The van der Waals surface area contributed by atoms with E-state index in [1.165, 1.54) is 17.3 Å². The molecule has 214 valence electrons. The Morgan fingerprint density at radius 2 is 2.02 bits per heavy atom. The fraction of sp³-hybridized carbons (Fsp3) is 0.464. The van der Waals surface area contributed by atoms with Crippen LogP contribution in [0.5, 0.6) is 11.5 Å². The second kappa shape index (κ2) is 12.4. The SMILES string of the molecule is CCOC(=O)CC(Cc1cc(SCCc2ccc3c(n2)NCCC3)n(CC(F)(F)F)n1)c1ccc2c(c1)OCO2. The van der Waals surface area contributed by atoms with Crippen LogP contribution in [0.2, 0.25) is 0 Å². The molecule has 0 radical (unpaired) electrons. The van der Waals surface area contributed by atoms with E-state index in [0.717, 1.165) is 41.1 Å². The summed E-state index contributed by atoms with van der Waals surface area (Å²) in [5.41, 5.74) is 3.34. The maximum absolute atomic E-state index is 13.4. The number of carbonyl (C=O) groups excluding carboxylic acids is 1. The summed E-state index contributed by atoms with van der Waals surface area (Å²) in [6.07, 6.45) is -1.44. The summed E-state index contributed by atoms with van der Waals surface area (Å²) in [7, 11) is 0. The first-order chi connectivity index (χ1) is 19.3. The van der Waals surface area contributed by atoms with Gasteiger partial charge in [-0.15, -0.1) is 11.8 Å². The average Bonchev–Trinajstić information content (AvgIpc) is 3.53. The molecule has 0 saturated heterocycles. The molecule has 8 nitrogen and oxygen atoms in total. The van der Waals surface area contributed by atoms with Crippen LogP contribution in [0.1, 0.15) is 48.2 Å². The fourth-order valence-electron chi connectivity index (χ4n) is 4.87. The third-order valence-corrected chi connectivity index (χ3v) is 7.76. The molecule has 1 atom stereocenters. The molecule has 3 aromatic rings. The van der Waals surface area contributed by atoms with Crippen LogP contribution in [0, 0.1) is 0 Å². The van der Waals surface area contributed by atoms with Gasteiger partial charge in [0.1, 0.15) is 12.4 Å². The number of thioether (sulfide) groups is 1. The topological polar surface area (TPSA) is 87.5 Å². The lowest BCUT2D eigenvalue weighted by Crippen LogP contribution is -2.19. The number of nitrogens with zero attached hydrogens (tertiary/aromatic N) is 3. The lowest BCUT2D eigenvalue weighted by molar-refractivity contribution is -0.144. The van der Waals surface area contributed by atoms with Gasteiger partial charge in [0.2, 0.25) is 6.79 Å². The molecule has 40 heavy (non-hydrogen) atoms. The smallest absolute Gasteiger partial charge is 0.408 e. The highest BCUT2D eigenvalue weighted by atomic mass is 32.2. The van der Waals surface area contributed by atoms with Gasteiger partial charge in [-0.2, -0.15) is 18.3 Å². The van der Waals surface area contributed by atoms with Crippen molar-refractivity contribution in [1.29, 1.82) is 0 Å². The van der Waals surface area contributed by atoms with E-state index in [1.54, 1.807) is 25.1 Å². The first kappa shape index (κ1) is 28.1. The van der Waals surface area contributed by atoms with Gasteiger partial charge in [0.25, 0.3) is 0 Å². The van der Waals surface area contributed by atoms with Gasteiger partial charge in [0.15, 0.2) is 11.5 Å². The Morgan fingerprint density at radius 3 is 2.85 bits per heavy atom. The Kier molecular flexibility index (Phi) is 8.72. The maximum Gasteiger partial charge on any atom is 0.408 e. The molecule has 2 aliphatic heterocycles. The van der Waals surface area contributed by atoms with Crippen molar-refractivity contribution in [3.63, 3.8) is 0 Å². The molecule has 0 spiro atoms. The van der Waals surface area contributed by atoms with Crippen LogP contribution in [-0.2, 0) is 35.3 Å². The highest BCUT2D eigenvalue weighted by molar-refractivity contribution is 7.99. The van der Waals surface area contributed by atoms with Crippen molar-refractivity contribution in [3.8, 4) is 11.5 Å². The number of carbonyl (C=O) groups is 1. The van der Waals surface area contributed by atoms with Crippen molar-refractivity contribution < 1.29 is 32.2 Å². The van der Waals surface area contributed by atoms with Crippen LogP contribution in [0.25, 0.3) is 0 Å². The predicted octanol–water partition coefficient (Wildman–Crippen LogP) is 5.54. The van der Waals surface area contributed by atoms with Crippen molar-refractivity contribution in [1.82, 2.24) is 14.8 Å². The molecule has 1 aromatic carbocycles. The summed E-state index contributed by atoms with van der Waals surface area (Å²) in [6, 6.07) is 11.1. The van der Waals surface area contributed by atoms with Crippen LogP contribution in [0.3, 0.4) is 0 Å². The zero-order chi connectivity index (χ0) is 28.1. The van der Waals surface area contributed by atoms with Crippen LogP contribution in [-0.4, -0.2) is 52.6 Å². The Labute approximate surface area is 234 Å². The average molecular weight is 577 g/mol. The van der Waals surface area contributed by atoms with Crippen LogP contribution < -0.4 is 14.8 Å². The van der Waals surface area contributed by atoms with Gasteiger partial charge in [-0.05, 0) is 68.0 Å². The number of aryl methyl sites for hydroxylation is 2. The van der Waals surface area contributed by atoms with E-state index in [1.807, 2.05) is 12.1 Å². The van der Waals surface area contributed by atoms with Gasteiger partial charge in [0, 0.05) is 23.9 Å². The third-order valence-electron chi connectivity index (χ3n) is 6.72. The van der Waals surface area contributed by atoms with Crippen LogP contribution in [0.15, 0.2) is 41.4 Å². The number of hydrogen-bond donors (Lipinski definition) is 1.